The Morgan fingerprint density at radius 2 is 2.20 bits per heavy atom. The quantitative estimate of drug-likeness (QED) is 0.397. The summed E-state index contributed by atoms with van der Waals surface area (Å²) in [6, 6.07) is 7.25. The maximum Gasteiger partial charge on any atom is 0.311 e. The summed E-state index contributed by atoms with van der Waals surface area (Å²) < 4.78 is 5.01. The summed E-state index contributed by atoms with van der Waals surface area (Å²) in [5, 5.41) is 15.9. The molecule has 2 fully saturated rings. The van der Waals surface area contributed by atoms with Crippen LogP contribution in [0.4, 0.5) is 5.69 Å². The highest BCUT2D eigenvalue weighted by atomic mass is 79.9. The number of rotatable bonds is 4. The number of piperidine rings is 1. The van der Waals surface area contributed by atoms with Crippen molar-refractivity contribution < 1.29 is 19.4 Å². The summed E-state index contributed by atoms with van der Waals surface area (Å²) in [5.41, 5.74) is 0.791. The van der Waals surface area contributed by atoms with E-state index in [9.17, 15) is 14.7 Å². The van der Waals surface area contributed by atoms with Gasteiger partial charge in [-0.05, 0) is 49.1 Å². The lowest BCUT2D eigenvalue weighted by molar-refractivity contribution is -0.160. The van der Waals surface area contributed by atoms with Gasteiger partial charge in [-0.3, -0.25) is 9.59 Å². The van der Waals surface area contributed by atoms with E-state index in [1.54, 1.807) is 5.01 Å². The fourth-order valence-corrected chi connectivity index (χ4v) is 6.56. The van der Waals surface area contributed by atoms with Crippen molar-refractivity contribution >= 4 is 33.5 Å². The molecule has 0 bridgehead atoms. The minimum Gasteiger partial charge on any atom is -0.469 e. The number of alkyl halides is 1. The van der Waals surface area contributed by atoms with Gasteiger partial charge < -0.3 is 15.2 Å². The lowest BCUT2D eigenvalue weighted by atomic mass is 9.61. The van der Waals surface area contributed by atoms with Crippen molar-refractivity contribution in [2.24, 2.45) is 17.8 Å². The second-order valence-corrected chi connectivity index (χ2v) is 9.29. The molecule has 1 saturated carbocycles. The van der Waals surface area contributed by atoms with Crippen LogP contribution in [0.3, 0.4) is 0 Å². The minimum absolute atomic E-state index is 0.105. The number of aliphatic hydroxyl groups excluding tert-OH is 1. The third-order valence-electron chi connectivity index (χ3n) is 7.31. The standard InChI is InChI=1S/C22H26BrN3O4/c1-24-26-12-13-7-8-17(27)19(20(28)30-2)14(13)11-18(26)22(9-10-23)15-5-3-4-6-16(15)25-21(22)29/h3-6,13-14,17-19,27H,7-12H2,2H3,(H,25,29)/t13-,14-,17-,18-,19+,22-/m0/s1. The van der Waals surface area contributed by atoms with Gasteiger partial charge in [0.1, 0.15) is 11.5 Å². The molecule has 1 aromatic carbocycles. The topological polar surface area (TPSA) is 83.2 Å². The number of anilines is 1. The molecule has 1 saturated heterocycles. The second kappa shape index (κ2) is 8.20. The SMILES string of the molecule is [C-]#[N+]N1C[C@@H]2CC[C@H](O)[C@H](C(=O)OC)[C@H]2C[C@H]1[C@@]1(CCBr)C(=O)Nc2ccccc21. The predicted octanol–water partition coefficient (Wildman–Crippen LogP) is 2.75. The van der Waals surface area contributed by atoms with Crippen LogP contribution in [0.2, 0.25) is 0 Å². The van der Waals surface area contributed by atoms with Crippen LogP contribution < -0.4 is 5.32 Å². The summed E-state index contributed by atoms with van der Waals surface area (Å²) >= 11 is 3.52. The summed E-state index contributed by atoms with van der Waals surface area (Å²) in [5.74, 6) is -1.14. The van der Waals surface area contributed by atoms with Gasteiger partial charge in [-0.25, -0.2) is 0 Å². The molecule has 0 aromatic heterocycles. The smallest absolute Gasteiger partial charge is 0.311 e. The van der Waals surface area contributed by atoms with Crippen LogP contribution in [-0.2, 0) is 19.7 Å². The first-order valence-electron chi connectivity index (χ1n) is 10.3. The van der Waals surface area contributed by atoms with Crippen molar-refractivity contribution in [2.75, 3.05) is 24.3 Å². The molecular formula is C22H26BrN3O4. The zero-order chi connectivity index (χ0) is 21.5. The highest BCUT2D eigenvalue weighted by molar-refractivity contribution is 9.09. The number of halogens is 1. The Bertz CT molecular complexity index is 887. The van der Waals surface area contributed by atoms with E-state index in [1.165, 1.54) is 7.11 Å². The number of para-hydroxylation sites is 1. The van der Waals surface area contributed by atoms with Crippen LogP contribution in [0.1, 0.15) is 31.2 Å². The fourth-order valence-electron chi connectivity index (χ4n) is 5.94. The summed E-state index contributed by atoms with van der Waals surface area (Å²) in [7, 11) is 1.34. The molecule has 30 heavy (non-hydrogen) atoms. The Balaban J connectivity index is 1.79. The first-order valence-corrected chi connectivity index (χ1v) is 11.5. The molecule has 6 atom stereocenters. The van der Waals surface area contributed by atoms with Crippen LogP contribution in [0, 0.1) is 24.3 Å². The number of hydrogen-bond donors (Lipinski definition) is 2. The van der Waals surface area contributed by atoms with Crippen molar-refractivity contribution in [3.05, 3.63) is 41.4 Å². The Morgan fingerprint density at radius 1 is 1.43 bits per heavy atom. The Kier molecular flexibility index (Phi) is 5.78. The van der Waals surface area contributed by atoms with Gasteiger partial charge in [0.15, 0.2) is 0 Å². The number of benzene rings is 1. The van der Waals surface area contributed by atoms with Crippen molar-refractivity contribution in [2.45, 2.75) is 43.2 Å². The largest absolute Gasteiger partial charge is 0.469 e. The number of nitrogens with zero attached hydrogens (tertiary/aromatic N) is 2. The molecule has 2 heterocycles. The van der Waals surface area contributed by atoms with Gasteiger partial charge in [0.2, 0.25) is 5.91 Å². The number of esters is 1. The lowest BCUT2D eigenvalue weighted by Crippen LogP contribution is -2.60. The van der Waals surface area contributed by atoms with Crippen LogP contribution in [0.25, 0.3) is 4.95 Å². The highest BCUT2D eigenvalue weighted by Gasteiger charge is 2.60. The van der Waals surface area contributed by atoms with Crippen LogP contribution in [0.15, 0.2) is 24.3 Å². The fraction of sp³-hybridized carbons (Fsp3) is 0.591. The van der Waals surface area contributed by atoms with Crippen molar-refractivity contribution in [3.63, 3.8) is 0 Å². The molecule has 0 spiro atoms. The number of amides is 1. The van der Waals surface area contributed by atoms with E-state index in [4.69, 9.17) is 11.3 Å². The molecule has 1 amide bonds. The monoisotopic (exact) mass is 475 g/mol. The number of carbonyl (C=O) groups is 2. The minimum atomic E-state index is -0.890. The number of carbonyl (C=O) groups excluding carboxylic acids is 2. The van der Waals surface area contributed by atoms with Gasteiger partial charge >= 0.3 is 5.97 Å². The van der Waals surface area contributed by atoms with Gasteiger partial charge in [0.25, 0.3) is 0 Å². The Hall–Kier alpha value is -2.11. The van der Waals surface area contributed by atoms with E-state index in [0.29, 0.717) is 31.1 Å². The van der Waals surface area contributed by atoms with Crippen LogP contribution in [0.5, 0.6) is 0 Å². The number of nitrogens with one attached hydrogen (secondary N) is 1. The molecule has 1 aliphatic carbocycles. The summed E-state index contributed by atoms with van der Waals surface area (Å²) in [4.78, 5) is 29.8. The number of aliphatic hydroxyl groups is 1. The molecule has 3 aliphatic rings. The summed E-state index contributed by atoms with van der Waals surface area (Å²) in [6.45, 7) is 8.33. The van der Waals surface area contributed by atoms with Gasteiger partial charge in [-0.1, -0.05) is 34.1 Å². The molecular weight excluding hydrogens is 450 g/mol. The molecule has 7 nitrogen and oxygen atoms in total. The highest BCUT2D eigenvalue weighted by Crippen LogP contribution is 2.52. The van der Waals surface area contributed by atoms with Gasteiger partial charge in [-0.2, -0.15) is 11.5 Å². The molecule has 0 unspecified atom stereocenters. The van der Waals surface area contributed by atoms with Gasteiger partial charge in [0.05, 0.1) is 25.7 Å². The number of hydrogen-bond acceptors (Lipinski definition) is 5. The van der Waals surface area contributed by atoms with E-state index in [-0.39, 0.29) is 17.7 Å². The molecule has 2 aliphatic heterocycles. The van der Waals surface area contributed by atoms with Crippen LogP contribution >= 0.6 is 15.9 Å². The van der Waals surface area contributed by atoms with E-state index >= 15 is 0 Å². The summed E-state index contributed by atoms with van der Waals surface area (Å²) in [6.07, 6.45) is 1.55. The first kappa shape index (κ1) is 21.1. The van der Waals surface area contributed by atoms with E-state index < -0.39 is 29.4 Å². The third-order valence-corrected chi connectivity index (χ3v) is 7.71. The number of methoxy groups -OCH3 is 1. The Morgan fingerprint density at radius 3 is 2.90 bits per heavy atom. The molecule has 1 aromatic rings. The zero-order valence-electron chi connectivity index (χ0n) is 16.9. The molecule has 2 N–H and O–H groups in total. The van der Waals surface area contributed by atoms with Crippen LogP contribution in [-0.4, -0.2) is 53.1 Å². The zero-order valence-corrected chi connectivity index (χ0v) is 18.5. The molecule has 0 radical (unpaired) electrons. The average Bonchev–Trinajstić information content (AvgIpc) is 3.04. The van der Waals surface area contributed by atoms with Crippen molar-refractivity contribution in [3.8, 4) is 0 Å². The van der Waals surface area contributed by atoms with E-state index in [0.717, 1.165) is 17.7 Å². The second-order valence-electron chi connectivity index (χ2n) is 8.50. The average molecular weight is 476 g/mol. The van der Waals surface area contributed by atoms with E-state index in [1.807, 2.05) is 24.3 Å². The number of fused-ring (bicyclic) bond motifs is 2. The number of ether oxygens (including phenoxy) is 1. The Labute approximate surface area is 184 Å². The first-order chi connectivity index (χ1) is 14.5. The predicted molar refractivity (Wildman–Crippen MR) is 115 cm³/mol. The van der Waals surface area contributed by atoms with Crippen molar-refractivity contribution in [1.29, 1.82) is 0 Å². The molecule has 160 valence electrons. The molecule has 4 rings (SSSR count). The molecule has 8 heteroatoms. The van der Waals surface area contributed by atoms with Crippen molar-refractivity contribution in [1.82, 2.24) is 5.01 Å². The maximum absolute atomic E-state index is 13.4. The third kappa shape index (κ3) is 3.10. The lowest BCUT2D eigenvalue weighted by Gasteiger charge is -2.49. The van der Waals surface area contributed by atoms with Gasteiger partial charge in [0, 0.05) is 11.0 Å². The van der Waals surface area contributed by atoms with E-state index in [2.05, 4.69) is 26.2 Å². The normalized spacial score (nSPS) is 35.1. The van der Waals surface area contributed by atoms with Gasteiger partial charge in [-0.15, -0.1) is 5.01 Å². The maximum atomic E-state index is 13.4.